The van der Waals surface area contributed by atoms with Gasteiger partial charge >= 0.3 is 0 Å². The summed E-state index contributed by atoms with van der Waals surface area (Å²) in [5, 5.41) is 0. The third-order valence-corrected chi connectivity index (χ3v) is 2.21. The highest BCUT2D eigenvalue weighted by molar-refractivity contribution is 5.22. The molecule has 1 aliphatic heterocycles. The summed E-state index contributed by atoms with van der Waals surface area (Å²) in [7, 11) is 0. The van der Waals surface area contributed by atoms with E-state index in [1.54, 1.807) is 0 Å². The van der Waals surface area contributed by atoms with Gasteiger partial charge in [0.15, 0.2) is 0 Å². The molecule has 1 saturated heterocycles. The minimum atomic E-state index is -0.594. The van der Waals surface area contributed by atoms with Crippen LogP contribution < -0.4 is 10.5 Å². The van der Waals surface area contributed by atoms with E-state index >= 15 is 0 Å². The number of rotatable bonds is 3. The number of aromatic nitrogens is 2. The number of ether oxygens (including phenoxy) is 2. The van der Waals surface area contributed by atoms with Crippen LogP contribution in [0.4, 0.5) is 10.3 Å². The summed E-state index contributed by atoms with van der Waals surface area (Å²) >= 11 is 0. The van der Waals surface area contributed by atoms with Crippen molar-refractivity contribution in [3.8, 4) is 5.88 Å². The van der Waals surface area contributed by atoms with Gasteiger partial charge in [-0.3, -0.25) is 0 Å². The van der Waals surface area contributed by atoms with Crippen molar-refractivity contribution in [3.63, 3.8) is 0 Å². The Morgan fingerprint density at radius 1 is 1.67 bits per heavy atom. The van der Waals surface area contributed by atoms with Crippen LogP contribution in [0.5, 0.6) is 5.88 Å². The highest BCUT2D eigenvalue weighted by Gasteiger charge is 2.17. The molecule has 0 saturated carbocycles. The summed E-state index contributed by atoms with van der Waals surface area (Å²) in [6, 6.07) is 0. The first-order valence-corrected chi connectivity index (χ1v) is 4.74. The molecule has 2 heterocycles. The van der Waals surface area contributed by atoms with Crippen molar-refractivity contribution < 1.29 is 13.9 Å². The Hall–Kier alpha value is -1.43. The van der Waals surface area contributed by atoms with Gasteiger partial charge < -0.3 is 15.2 Å². The standard InChI is InChI=1S/C9H12FN3O2/c10-7-3-12-9(11)13-8(7)15-5-6-1-2-14-4-6/h3,6H,1-2,4-5H2,(H2,11,12,13). The minimum absolute atomic E-state index is 0.00840. The highest BCUT2D eigenvalue weighted by Crippen LogP contribution is 2.17. The van der Waals surface area contributed by atoms with Crippen LogP contribution in [0.1, 0.15) is 6.42 Å². The van der Waals surface area contributed by atoms with E-state index in [-0.39, 0.29) is 11.8 Å². The lowest BCUT2D eigenvalue weighted by Crippen LogP contribution is -2.13. The van der Waals surface area contributed by atoms with Crippen molar-refractivity contribution >= 4 is 5.95 Å². The number of halogens is 1. The number of nitrogens with zero attached hydrogens (tertiary/aromatic N) is 2. The molecule has 1 unspecified atom stereocenters. The van der Waals surface area contributed by atoms with Crippen molar-refractivity contribution in [2.45, 2.75) is 6.42 Å². The molecule has 0 amide bonds. The lowest BCUT2D eigenvalue weighted by Gasteiger charge is -2.09. The maximum absolute atomic E-state index is 13.1. The average Bonchev–Trinajstić information content (AvgIpc) is 2.72. The molecule has 1 fully saturated rings. The van der Waals surface area contributed by atoms with Crippen molar-refractivity contribution in [1.82, 2.24) is 9.97 Å². The van der Waals surface area contributed by atoms with E-state index < -0.39 is 5.82 Å². The zero-order valence-corrected chi connectivity index (χ0v) is 8.15. The third-order valence-electron chi connectivity index (χ3n) is 2.21. The van der Waals surface area contributed by atoms with E-state index in [0.717, 1.165) is 19.2 Å². The molecule has 1 aromatic rings. The SMILES string of the molecule is Nc1ncc(F)c(OCC2CCOC2)n1. The molecule has 5 nitrogen and oxygen atoms in total. The molecular formula is C9H12FN3O2. The third kappa shape index (κ3) is 2.53. The van der Waals surface area contributed by atoms with Gasteiger partial charge in [-0.25, -0.2) is 4.98 Å². The molecule has 1 atom stereocenters. The number of hydrogen-bond acceptors (Lipinski definition) is 5. The number of hydrogen-bond donors (Lipinski definition) is 1. The van der Waals surface area contributed by atoms with Gasteiger partial charge in [-0.05, 0) is 6.42 Å². The normalized spacial score (nSPS) is 20.5. The molecule has 0 aromatic carbocycles. The monoisotopic (exact) mass is 213 g/mol. The van der Waals surface area contributed by atoms with Crippen molar-refractivity contribution in [1.29, 1.82) is 0 Å². The largest absolute Gasteiger partial charge is 0.475 e. The Kier molecular flexibility index (Phi) is 2.96. The first kappa shape index (κ1) is 10.1. The van der Waals surface area contributed by atoms with Gasteiger partial charge in [0, 0.05) is 12.5 Å². The molecule has 0 aliphatic carbocycles. The Bertz CT molecular complexity index is 342. The fourth-order valence-corrected chi connectivity index (χ4v) is 1.38. The van der Waals surface area contributed by atoms with E-state index in [1.807, 2.05) is 0 Å². The second-order valence-electron chi connectivity index (χ2n) is 3.42. The summed E-state index contributed by atoms with van der Waals surface area (Å²) in [6.45, 7) is 1.79. The molecule has 0 radical (unpaired) electrons. The van der Waals surface area contributed by atoms with E-state index in [9.17, 15) is 4.39 Å². The number of anilines is 1. The summed E-state index contributed by atoms with van der Waals surface area (Å²) in [4.78, 5) is 7.17. The van der Waals surface area contributed by atoms with Gasteiger partial charge in [0.25, 0.3) is 5.88 Å². The lowest BCUT2D eigenvalue weighted by atomic mass is 10.1. The second kappa shape index (κ2) is 4.39. The van der Waals surface area contributed by atoms with Crippen LogP contribution in [0.25, 0.3) is 0 Å². The van der Waals surface area contributed by atoms with Crippen molar-refractivity contribution in [2.24, 2.45) is 5.92 Å². The summed E-state index contributed by atoms with van der Waals surface area (Å²) in [5.41, 5.74) is 5.32. The van der Waals surface area contributed by atoms with Gasteiger partial charge in [-0.15, -0.1) is 0 Å². The molecule has 2 N–H and O–H groups in total. The highest BCUT2D eigenvalue weighted by atomic mass is 19.1. The first-order valence-electron chi connectivity index (χ1n) is 4.74. The molecular weight excluding hydrogens is 201 g/mol. The van der Waals surface area contributed by atoms with Crippen molar-refractivity contribution in [2.75, 3.05) is 25.6 Å². The molecule has 2 rings (SSSR count). The van der Waals surface area contributed by atoms with E-state index in [1.165, 1.54) is 0 Å². The lowest BCUT2D eigenvalue weighted by molar-refractivity contribution is 0.163. The summed E-state index contributed by atoms with van der Waals surface area (Å²) < 4.78 is 23.5. The van der Waals surface area contributed by atoms with E-state index in [4.69, 9.17) is 15.2 Å². The molecule has 0 bridgehead atoms. The second-order valence-corrected chi connectivity index (χ2v) is 3.42. The molecule has 6 heteroatoms. The zero-order chi connectivity index (χ0) is 10.7. The molecule has 82 valence electrons. The number of nitrogen functional groups attached to an aromatic ring is 1. The van der Waals surface area contributed by atoms with Crippen LogP contribution in [0.15, 0.2) is 6.20 Å². The van der Waals surface area contributed by atoms with Crippen LogP contribution in [-0.2, 0) is 4.74 Å². The van der Waals surface area contributed by atoms with Gasteiger partial charge in [0.1, 0.15) is 0 Å². The maximum Gasteiger partial charge on any atom is 0.255 e. The zero-order valence-electron chi connectivity index (χ0n) is 8.15. The number of nitrogens with two attached hydrogens (primary N) is 1. The van der Waals surface area contributed by atoms with Gasteiger partial charge in [0.2, 0.25) is 11.8 Å². The van der Waals surface area contributed by atoms with E-state index in [2.05, 4.69) is 9.97 Å². The van der Waals surface area contributed by atoms with E-state index in [0.29, 0.717) is 19.1 Å². The fourth-order valence-electron chi connectivity index (χ4n) is 1.38. The van der Waals surface area contributed by atoms with Crippen LogP contribution in [0.2, 0.25) is 0 Å². The fraction of sp³-hybridized carbons (Fsp3) is 0.556. The molecule has 0 spiro atoms. The van der Waals surface area contributed by atoms with Gasteiger partial charge in [-0.2, -0.15) is 9.37 Å². The smallest absolute Gasteiger partial charge is 0.255 e. The Balaban J connectivity index is 1.94. The van der Waals surface area contributed by atoms with Gasteiger partial charge in [-0.1, -0.05) is 0 Å². The predicted molar refractivity (Wildman–Crippen MR) is 50.8 cm³/mol. The Morgan fingerprint density at radius 3 is 3.27 bits per heavy atom. The Morgan fingerprint density at radius 2 is 2.53 bits per heavy atom. The molecule has 15 heavy (non-hydrogen) atoms. The Labute approximate surface area is 86.4 Å². The topological polar surface area (TPSA) is 70.3 Å². The quantitative estimate of drug-likeness (QED) is 0.796. The minimum Gasteiger partial charge on any atom is -0.475 e. The summed E-state index contributed by atoms with van der Waals surface area (Å²) in [5.74, 6) is -0.368. The van der Waals surface area contributed by atoms with Crippen LogP contribution in [-0.4, -0.2) is 29.8 Å². The van der Waals surface area contributed by atoms with Crippen LogP contribution >= 0.6 is 0 Å². The van der Waals surface area contributed by atoms with Crippen LogP contribution in [0, 0.1) is 11.7 Å². The summed E-state index contributed by atoms with van der Waals surface area (Å²) in [6.07, 6.45) is 1.94. The van der Waals surface area contributed by atoms with Crippen LogP contribution in [0.3, 0.4) is 0 Å². The van der Waals surface area contributed by atoms with Crippen molar-refractivity contribution in [3.05, 3.63) is 12.0 Å². The predicted octanol–water partition coefficient (Wildman–Crippen LogP) is 0.613. The van der Waals surface area contributed by atoms with Gasteiger partial charge in [0.05, 0.1) is 19.4 Å². The molecule has 1 aliphatic rings. The molecule has 1 aromatic heterocycles. The first-order chi connectivity index (χ1) is 7.25. The maximum atomic E-state index is 13.1. The average molecular weight is 213 g/mol.